The van der Waals surface area contributed by atoms with Crippen molar-refractivity contribution < 1.29 is 13.2 Å². The van der Waals surface area contributed by atoms with Gasteiger partial charge in [0.1, 0.15) is 5.56 Å². The molecule has 3 aromatic rings. The highest BCUT2D eigenvalue weighted by Crippen LogP contribution is 2.24. The minimum absolute atomic E-state index is 0.0359. The topological polar surface area (TPSA) is 99.3 Å². The quantitative estimate of drug-likeness (QED) is 0.569. The van der Waals surface area contributed by atoms with Crippen LogP contribution >= 0.6 is 0 Å². The highest BCUT2D eigenvalue weighted by atomic mass is 32.2. The molecular weight excluding hydrogens is 402 g/mol. The summed E-state index contributed by atoms with van der Waals surface area (Å²) < 4.78 is 27.4. The van der Waals surface area contributed by atoms with Gasteiger partial charge in [0.2, 0.25) is 5.43 Å². The van der Waals surface area contributed by atoms with Crippen molar-refractivity contribution in [2.24, 2.45) is 0 Å². The van der Waals surface area contributed by atoms with E-state index in [1.54, 1.807) is 12.1 Å². The second-order valence-corrected chi connectivity index (χ2v) is 8.70. The van der Waals surface area contributed by atoms with Crippen molar-refractivity contribution in [3.63, 3.8) is 0 Å². The lowest BCUT2D eigenvalue weighted by Crippen LogP contribution is -2.29. The van der Waals surface area contributed by atoms with Crippen LogP contribution in [0, 0.1) is 0 Å². The molecule has 0 saturated heterocycles. The van der Waals surface area contributed by atoms with Crippen molar-refractivity contribution in [2.75, 3.05) is 17.9 Å². The molecule has 0 fully saturated rings. The summed E-state index contributed by atoms with van der Waals surface area (Å²) in [6, 6.07) is 11.5. The molecule has 0 aliphatic heterocycles. The number of anilines is 1. The fraction of sp³-hybridized carbons (Fsp3) is 0.182. The second kappa shape index (κ2) is 8.54. The van der Waals surface area contributed by atoms with Crippen LogP contribution < -0.4 is 15.1 Å². The van der Waals surface area contributed by atoms with Crippen molar-refractivity contribution >= 4 is 32.5 Å². The van der Waals surface area contributed by atoms with Gasteiger partial charge in [0.15, 0.2) is 0 Å². The summed E-state index contributed by atoms with van der Waals surface area (Å²) in [5.41, 5.74) is 1.41. The van der Waals surface area contributed by atoms with Gasteiger partial charge in [0.25, 0.3) is 15.9 Å². The molecule has 0 saturated carbocycles. The van der Waals surface area contributed by atoms with E-state index in [0.29, 0.717) is 11.2 Å². The monoisotopic (exact) mass is 425 g/mol. The number of hydrogen-bond acceptors (Lipinski definition) is 4. The third-order valence-corrected chi connectivity index (χ3v) is 6.65. The van der Waals surface area contributed by atoms with E-state index in [0.717, 1.165) is 12.0 Å². The third kappa shape index (κ3) is 3.99. The third-order valence-electron chi connectivity index (χ3n) is 4.87. The van der Waals surface area contributed by atoms with Crippen molar-refractivity contribution in [1.29, 1.82) is 0 Å². The number of H-pyrrole nitrogens is 1. The maximum absolute atomic E-state index is 13.1. The van der Waals surface area contributed by atoms with Gasteiger partial charge < -0.3 is 10.3 Å². The number of pyridine rings is 1. The molecule has 0 unspecified atom stereocenters. The average molecular weight is 426 g/mol. The standard InChI is InChI=1S/C22H23N3O4S/c1-4-12-23-22(27)19-14-24-20-11-10-17(13-18(20)21(19)26)30(28,29)25(3)16-8-6-15(5-2)7-9-16/h4,6-11,13-14H,1,5,12H2,2-3H3,(H,23,27)(H,24,26). The predicted molar refractivity (Wildman–Crippen MR) is 119 cm³/mol. The minimum Gasteiger partial charge on any atom is -0.360 e. The molecule has 0 atom stereocenters. The van der Waals surface area contributed by atoms with Crippen molar-refractivity contribution in [3.05, 3.63) is 82.7 Å². The van der Waals surface area contributed by atoms with Crippen LogP contribution in [-0.4, -0.2) is 32.9 Å². The Balaban J connectivity index is 2.04. The van der Waals surface area contributed by atoms with E-state index in [-0.39, 0.29) is 22.4 Å². The number of aryl methyl sites for hydroxylation is 1. The number of aromatic nitrogens is 1. The molecule has 8 heteroatoms. The first-order chi connectivity index (χ1) is 14.3. The fourth-order valence-electron chi connectivity index (χ4n) is 3.03. The number of fused-ring (bicyclic) bond motifs is 1. The minimum atomic E-state index is -3.90. The summed E-state index contributed by atoms with van der Waals surface area (Å²) in [4.78, 5) is 27.8. The molecule has 1 heterocycles. The predicted octanol–water partition coefficient (Wildman–Crippen LogP) is 2.83. The highest BCUT2D eigenvalue weighted by molar-refractivity contribution is 7.92. The number of carbonyl (C=O) groups excluding carboxylic acids is 1. The first kappa shape index (κ1) is 21.3. The average Bonchev–Trinajstić information content (AvgIpc) is 2.77. The lowest BCUT2D eigenvalue weighted by atomic mass is 10.1. The van der Waals surface area contributed by atoms with E-state index in [2.05, 4.69) is 16.9 Å². The van der Waals surface area contributed by atoms with Gasteiger partial charge >= 0.3 is 0 Å². The molecule has 7 nitrogen and oxygen atoms in total. The number of sulfonamides is 1. The van der Waals surface area contributed by atoms with E-state index in [9.17, 15) is 18.0 Å². The number of nitrogens with zero attached hydrogens (tertiary/aromatic N) is 1. The number of aromatic amines is 1. The zero-order chi connectivity index (χ0) is 21.9. The first-order valence-corrected chi connectivity index (χ1v) is 10.9. The second-order valence-electron chi connectivity index (χ2n) is 6.73. The lowest BCUT2D eigenvalue weighted by Gasteiger charge is -2.20. The molecule has 156 valence electrons. The molecule has 0 radical (unpaired) electrons. The number of carbonyl (C=O) groups is 1. The maximum atomic E-state index is 13.1. The molecule has 30 heavy (non-hydrogen) atoms. The summed E-state index contributed by atoms with van der Waals surface area (Å²) in [6.45, 7) is 5.75. The van der Waals surface area contributed by atoms with Gasteiger partial charge in [-0.1, -0.05) is 25.1 Å². The van der Waals surface area contributed by atoms with Crippen molar-refractivity contribution in [3.8, 4) is 0 Å². The van der Waals surface area contributed by atoms with Crippen LogP contribution in [0.2, 0.25) is 0 Å². The Kier molecular flexibility index (Phi) is 6.07. The van der Waals surface area contributed by atoms with Gasteiger partial charge in [-0.25, -0.2) is 8.42 Å². The SMILES string of the molecule is C=CCNC(=O)c1c[nH]c2ccc(S(=O)(=O)N(C)c3ccc(CC)cc3)cc2c1=O. The fourth-order valence-corrected chi connectivity index (χ4v) is 4.25. The molecule has 0 aliphatic carbocycles. The number of nitrogens with one attached hydrogen (secondary N) is 2. The molecule has 0 aliphatic rings. The van der Waals surface area contributed by atoms with Gasteiger partial charge in [-0.15, -0.1) is 6.58 Å². The van der Waals surface area contributed by atoms with Crippen LogP contribution in [0.4, 0.5) is 5.69 Å². The molecule has 1 aromatic heterocycles. The molecule has 2 aromatic carbocycles. The highest BCUT2D eigenvalue weighted by Gasteiger charge is 2.23. The number of amides is 1. The van der Waals surface area contributed by atoms with Gasteiger partial charge in [-0.3, -0.25) is 13.9 Å². The van der Waals surface area contributed by atoms with Crippen LogP contribution in [0.15, 0.2) is 71.0 Å². The van der Waals surface area contributed by atoms with Crippen molar-refractivity contribution in [2.45, 2.75) is 18.2 Å². The number of hydrogen-bond donors (Lipinski definition) is 2. The molecular formula is C22H23N3O4S. The van der Waals surface area contributed by atoms with Crippen LogP contribution in [0.1, 0.15) is 22.8 Å². The van der Waals surface area contributed by atoms with E-state index in [1.807, 2.05) is 19.1 Å². The van der Waals surface area contributed by atoms with Crippen LogP contribution in [0.3, 0.4) is 0 Å². The van der Waals surface area contributed by atoms with E-state index in [4.69, 9.17) is 0 Å². The van der Waals surface area contributed by atoms with Crippen LogP contribution in [-0.2, 0) is 16.4 Å². The molecule has 1 amide bonds. The maximum Gasteiger partial charge on any atom is 0.264 e. The molecule has 3 rings (SSSR count). The smallest absolute Gasteiger partial charge is 0.264 e. The van der Waals surface area contributed by atoms with Gasteiger partial charge in [0, 0.05) is 30.7 Å². The summed E-state index contributed by atoms with van der Waals surface area (Å²) in [7, 11) is -2.44. The first-order valence-electron chi connectivity index (χ1n) is 9.42. The lowest BCUT2D eigenvalue weighted by molar-refractivity contribution is 0.0957. The van der Waals surface area contributed by atoms with E-state index < -0.39 is 21.4 Å². The van der Waals surface area contributed by atoms with E-state index >= 15 is 0 Å². The Morgan fingerprint density at radius 2 is 1.90 bits per heavy atom. The Morgan fingerprint density at radius 3 is 2.53 bits per heavy atom. The number of benzene rings is 2. The zero-order valence-corrected chi connectivity index (χ0v) is 17.6. The summed E-state index contributed by atoms with van der Waals surface area (Å²) in [5.74, 6) is -0.556. The molecule has 0 bridgehead atoms. The van der Waals surface area contributed by atoms with Crippen LogP contribution in [0.25, 0.3) is 10.9 Å². The Labute approximate surface area is 175 Å². The van der Waals surface area contributed by atoms with Crippen molar-refractivity contribution in [1.82, 2.24) is 10.3 Å². The Hall–Kier alpha value is -3.39. The van der Waals surface area contributed by atoms with Gasteiger partial charge in [0.05, 0.1) is 10.6 Å². The largest absolute Gasteiger partial charge is 0.360 e. The molecule has 2 N–H and O–H groups in total. The summed E-state index contributed by atoms with van der Waals surface area (Å²) in [6.07, 6.45) is 3.67. The molecule has 0 spiro atoms. The Bertz CT molecular complexity index is 1260. The normalized spacial score (nSPS) is 11.3. The Morgan fingerprint density at radius 1 is 1.20 bits per heavy atom. The zero-order valence-electron chi connectivity index (χ0n) is 16.8. The summed E-state index contributed by atoms with van der Waals surface area (Å²) >= 11 is 0. The van der Waals surface area contributed by atoms with Crippen LogP contribution in [0.5, 0.6) is 0 Å². The van der Waals surface area contributed by atoms with Gasteiger partial charge in [-0.2, -0.15) is 0 Å². The number of rotatable bonds is 7. The van der Waals surface area contributed by atoms with Gasteiger partial charge in [-0.05, 0) is 42.3 Å². The summed E-state index contributed by atoms with van der Waals surface area (Å²) in [5, 5.41) is 2.67. The van der Waals surface area contributed by atoms with E-state index in [1.165, 1.54) is 41.8 Å².